The summed E-state index contributed by atoms with van der Waals surface area (Å²) in [5.74, 6) is -2.42. The number of amides is 3. The topological polar surface area (TPSA) is 102 Å². The maximum Gasteiger partial charge on any atom is 0.423 e. The molecular formula is C42H49NO7Si. The number of fused-ring (bicyclic) bond motifs is 3. The molecule has 3 aromatic rings. The molecule has 0 aromatic heterocycles. The van der Waals surface area contributed by atoms with Crippen LogP contribution >= 0.6 is 0 Å². The largest absolute Gasteiger partial charge is 0.507 e. The van der Waals surface area contributed by atoms with E-state index in [2.05, 4.69) is 82.3 Å². The van der Waals surface area contributed by atoms with Gasteiger partial charge in [-0.1, -0.05) is 93.1 Å². The van der Waals surface area contributed by atoms with Crippen LogP contribution in [0.2, 0.25) is 5.04 Å². The average Bonchev–Trinajstić information content (AvgIpc) is 3.64. The highest BCUT2D eigenvalue weighted by Gasteiger charge is 2.59. The van der Waals surface area contributed by atoms with E-state index in [0.717, 1.165) is 50.2 Å². The number of benzene rings is 3. The molecule has 1 aliphatic carbocycles. The Hall–Kier alpha value is -4.31. The number of aryl methyl sites for hydroxylation is 2. The molecule has 1 N–H and O–H groups in total. The maximum atomic E-state index is 13.7. The number of methoxy groups -OCH3 is 1. The summed E-state index contributed by atoms with van der Waals surface area (Å²) in [4.78, 5) is 40.8. The summed E-state index contributed by atoms with van der Waals surface area (Å²) in [5.41, 5.74) is 5.88. The minimum absolute atomic E-state index is 0.253. The van der Waals surface area contributed by atoms with E-state index in [9.17, 15) is 19.5 Å². The van der Waals surface area contributed by atoms with Gasteiger partial charge in [0.05, 0.1) is 38.3 Å². The van der Waals surface area contributed by atoms with E-state index >= 15 is 0 Å². The molecule has 3 aromatic carbocycles. The number of phenols is 1. The Morgan fingerprint density at radius 1 is 0.961 bits per heavy atom. The number of hydrogen-bond donors (Lipinski definition) is 1. The van der Waals surface area contributed by atoms with E-state index in [1.807, 2.05) is 38.1 Å². The first-order chi connectivity index (χ1) is 24.3. The minimum Gasteiger partial charge on any atom is -0.507 e. The predicted molar refractivity (Wildman–Crippen MR) is 200 cm³/mol. The minimum atomic E-state index is -2.93. The van der Waals surface area contributed by atoms with E-state index < -0.39 is 38.1 Å². The number of rotatable bonds is 9. The van der Waals surface area contributed by atoms with Gasteiger partial charge in [-0.05, 0) is 95.4 Å². The number of aromatic hydroxyl groups is 1. The normalized spacial score (nSPS) is 22.3. The van der Waals surface area contributed by atoms with E-state index in [4.69, 9.17) is 13.9 Å². The van der Waals surface area contributed by atoms with Gasteiger partial charge in [0.25, 0.3) is 8.32 Å². The molecule has 8 nitrogen and oxygen atoms in total. The summed E-state index contributed by atoms with van der Waals surface area (Å²) in [6.45, 7) is 13.2. The number of allylic oxidation sites excluding steroid dienone is 1. The number of imide groups is 3. The Bertz CT molecular complexity index is 1820. The quantitative estimate of drug-likeness (QED) is 0.148. The SMILES string of the molecule is COC(=O)N1C(=O)[C@@H]2[C@@H](CC(CO[Si](c3ccccc3)(c3ccccc3)C(C)(C)C)=C3[C@@H](CC/C(C)=C/c4cc(C)c(O)c(C)c4)OC[C@@H]32)C1=O. The van der Waals surface area contributed by atoms with Gasteiger partial charge in [0, 0.05) is 5.92 Å². The molecule has 2 fully saturated rings. The molecule has 3 amide bonds. The van der Waals surface area contributed by atoms with E-state index in [1.54, 1.807) is 0 Å². The van der Waals surface area contributed by atoms with Crippen LogP contribution in [0.5, 0.6) is 5.75 Å². The molecule has 6 rings (SSSR count). The monoisotopic (exact) mass is 707 g/mol. The summed E-state index contributed by atoms with van der Waals surface area (Å²) in [7, 11) is -1.75. The van der Waals surface area contributed by atoms with Crippen LogP contribution in [-0.2, 0) is 23.5 Å². The fourth-order valence-electron chi connectivity index (χ4n) is 8.62. The smallest absolute Gasteiger partial charge is 0.423 e. The summed E-state index contributed by atoms with van der Waals surface area (Å²) < 4.78 is 18.8. The van der Waals surface area contributed by atoms with Crippen LogP contribution in [0.4, 0.5) is 4.79 Å². The van der Waals surface area contributed by atoms with Crippen molar-refractivity contribution in [3.05, 3.63) is 106 Å². The molecule has 0 spiro atoms. The third-order valence-corrected chi connectivity index (χ3v) is 16.0. The summed E-state index contributed by atoms with van der Waals surface area (Å²) in [5, 5.41) is 12.3. The number of nitrogens with zero attached hydrogens (tertiary/aromatic N) is 1. The van der Waals surface area contributed by atoms with Crippen molar-refractivity contribution < 1.29 is 33.4 Å². The molecule has 0 unspecified atom stereocenters. The van der Waals surface area contributed by atoms with Gasteiger partial charge in [-0.2, -0.15) is 4.90 Å². The van der Waals surface area contributed by atoms with E-state index in [-0.39, 0.29) is 30.3 Å². The van der Waals surface area contributed by atoms with E-state index in [1.165, 1.54) is 7.11 Å². The fraction of sp³-hybridized carbons (Fsp3) is 0.405. The number of likely N-dealkylation sites (tertiary alicyclic amines) is 1. The van der Waals surface area contributed by atoms with Crippen LogP contribution < -0.4 is 10.4 Å². The van der Waals surface area contributed by atoms with E-state index in [0.29, 0.717) is 23.5 Å². The molecule has 268 valence electrons. The number of hydrogen-bond acceptors (Lipinski definition) is 7. The molecule has 51 heavy (non-hydrogen) atoms. The second kappa shape index (κ2) is 14.4. The van der Waals surface area contributed by atoms with Crippen LogP contribution in [0.15, 0.2) is 89.5 Å². The molecule has 2 heterocycles. The Morgan fingerprint density at radius 3 is 2.10 bits per heavy atom. The highest BCUT2D eigenvalue weighted by Crippen LogP contribution is 2.50. The van der Waals surface area contributed by atoms with Crippen LogP contribution in [0, 0.1) is 31.6 Å². The number of phenolic OH excluding ortho intramolecular Hbond substituents is 1. The first-order valence-electron chi connectivity index (χ1n) is 17.8. The lowest BCUT2D eigenvalue weighted by atomic mass is 9.69. The van der Waals surface area contributed by atoms with Crippen molar-refractivity contribution in [2.24, 2.45) is 17.8 Å². The van der Waals surface area contributed by atoms with Crippen molar-refractivity contribution in [1.82, 2.24) is 4.90 Å². The Kier molecular flexibility index (Phi) is 10.3. The molecule has 3 aliphatic rings. The predicted octanol–water partition coefficient (Wildman–Crippen LogP) is 6.85. The highest BCUT2D eigenvalue weighted by atomic mass is 28.4. The molecule has 0 radical (unpaired) electrons. The van der Waals surface area contributed by atoms with Crippen LogP contribution in [0.1, 0.15) is 63.6 Å². The Labute approximate surface area is 302 Å². The zero-order valence-corrected chi connectivity index (χ0v) is 31.7. The van der Waals surface area contributed by atoms with Crippen LogP contribution in [-0.4, -0.2) is 62.7 Å². The van der Waals surface area contributed by atoms with Gasteiger partial charge in [0.2, 0.25) is 11.8 Å². The lowest BCUT2D eigenvalue weighted by Gasteiger charge is -2.44. The molecule has 4 atom stereocenters. The molecule has 0 saturated carbocycles. The molecule has 0 bridgehead atoms. The van der Waals surface area contributed by atoms with Gasteiger partial charge >= 0.3 is 6.09 Å². The third kappa shape index (κ3) is 6.63. The second-order valence-corrected chi connectivity index (χ2v) is 19.6. The van der Waals surface area contributed by atoms with Crippen molar-refractivity contribution in [1.29, 1.82) is 0 Å². The second-order valence-electron chi connectivity index (χ2n) is 15.3. The maximum absolute atomic E-state index is 13.7. The molecule has 9 heteroatoms. The van der Waals surface area contributed by atoms with Crippen molar-refractivity contribution in [2.45, 2.75) is 71.9 Å². The molecule has 2 aliphatic heterocycles. The lowest BCUT2D eigenvalue weighted by Crippen LogP contribution is -2.66. The zero-order valence-electron chi connectivity index (χ0n) is 30.7. The van der Waals surface area contributed by atoms with Gasteiger partial charge in [0.15, 0.2) is 0 Å². The number of carbonyl (C=O) groups is 3. The molecular weight excluding hydrogens is 659 g/mol. The van der Waals surface area contributed by atoms with Crippen molar-refractivity contribution >= 4 is 42.7 Å². The standard InChI is InChI=1S/C42H49NO7Si/c1-26(20-29-21-27(2)38(44)28(3)22-29)18-19-35-36-30(23-33-37(34(36)25-49-35)40(46)43(39(33)45)41(47)48-7)24-50-51(42(4,5)6,31-14-10-8-11-15-31)32-16-12-9-13-17-32/h8-17,20-22,33-35,37,44H,18-19,23-25H2,1-7H3/b26-20+/t33-,34+,35-,37-/m1/s1. The lowest BCUT2D eigenvalue weighted by molar-refractivity contribution is -0.137. The van der Waals surface area contributed by atoms with Gasteiger partial charge in [-0.25, -0.2) is 4.79 Å². The first kappa shape index (κ1) is 36.5. The highest BCUT2D eigenvalue weighted by molar-refractivity contribution is 6.99. The van der Waals surface area contributed by atoms with Crippen molar-refractivity contribution in [3.63, 3.8) is 0 Å². The van der Waals surface area contributed by atoms with Crippen molar-refractivity contribution in [2.75, 3.05) is 20.3 Å². The number of carbonyl (C=O) groups excluding carboxylic acids is 3. The van der Waals surface area contributed by atoms with Gasteiger partial charge in [-0.3, -0.25) is 9.59 Å². The summed E-state index contributed by atoms with van der Waals surface area (Å²) in [6, 6.07) is 24.8. The van der Waals surface area contributed by atoms with Gasteiger partial charge in [-0.15, -0.1) is 0 Å². The van der Waals surface area contributed by atoms with Crippen LogP contribution in [0.25, 0.3) is 6.08 Å². The fourth-order valence-corrected chi connectivity index (χ4v) is 13.2. The summed E-state index contributed by atoms with van der Waals surface area (Å²) >= 11 is 0. The number of ether oxygens (including phenoxy) is 2. The Balaban J connectivity index is 1.38. The average molecular weight is 708 g/mol. The van der Waals surface area contributed by atoms with Crippen LogP contribution in [0.3, 0.4) is 0 Å². The van der Waals surface area contributed by atoms with Gasteiger partial charge in [0.1, 0.15) is 5.75 Å². The molecule has 2 saturated heterocycles. The van der Waals surface area contributed by atoms with Crippen molar-refractivity contribution in [3.8, 4) is 5.75 Å². The van der Waals surface area contributed by atoms with Gasteiger partial charge < -0.3 is 19.0 Å². The first-order valence-corrected chi connectivity index (χ1v) is 19.7. The zero-order chi connectivity index (χ0) is 36.7. The Morgan fingerprint density at radius 2 is 1.55 bits per heavy atom. The summed E-state index contributed by atoms with van der Waals surface area (Å²) in [6.07, 6.45) is 2.67. The third-order valence-electron chi connectivity index (χ3n) is 11.0.